The summed E-state index contributed by atoms with van der Waals surface area (Å²) in [5.41, 5.74) is 1.47. The molecule has 6 heteroatoms. The maximum atomic E-state index is 11.9. The van der Waals surface area contributed by atoms with Crippen LogP contribution in [0.1, 0.15) is 10.4 Å². The van der Waals surface area contributed by atoms with Crippen LogP contribution in [0, 0.1) is 0 Å². The number of anilines is 1. The molecular weight excluding hydrogens is 278 g/mol. The predicted octanol–water partition coefficient (Wildman–Crippen LogP) is 3.52. The number of carbonyl (C=O) groups is 1. The molecule has 0 spiro atoms. The fourth-order valence-electron chi connectivity index (χ4n) is 1.54. The van der Waals surface area contributed by atoms with Gasteiger partial charge in [0.25, 0.3) is 5.91 Å². The van der Waals surface area contributed by atoms with Gasteiger partial charge in [0.05, 0.1) is 10.6 Å². The van der Waals surface area contributed by atoms with Gasteiger partial charge in [0.2, 0.25) is 0 Å². The summed E-state index contributed by atoms with van der Waals surface area (Å²) in [5.74, 6) is -0.172. The first kappa shape index (κ1) is 12.0. The van der Waals surface area contributed by atoms with Crippen molar-refractivity contribution in [2.75, 3.05) is 5.32 Å². The van der Waals surface area contributed by atoms with Gasteiger partial charge in [0.1, 0.15) is 0 Å². The molecule has 0 bridgehead atoms. The van der Waals surface area contributed by atoms with Crippen molar-refractivity contribution in [2.24, 2.45) is 0 Å². The van der Waals surface area contributed by atoms with Crippen LogP contribution in [0.2, 0.25) is 0 Å². The van der Waals surface area contributed by atoms with Gasteiger partial charge in [-0.3, -0.25) is 15.1 Å². The molecule has 0 radical (unpaired) electrons. The lowest BCUT2D eigenvalue weighted by molar-refractivity contribution is 0.102. The Balaban J connectivity index is 1.76. The largest absolute Gasteiger partial charge is 0.298 e. The van der Waals surface area contributed by atoms with Crippen molar-refractivity contribution in [2.45, 2.75) is 0 Å². The van der Waals surface area contributed by atoms with Gasteiger partial charge in [0.15, 0.2) is 5.13 Å². The molecule has 0 aliphatic rings. The lowest BCUT2D eigenvalue weighted by Crippen LogP contribution is -2.11. The Hall–Kier alpha value is -2.05. The topological polar surface area (TPSA) is 54.9 Å². The molecule has 0 saturated heterocycles. The second-order valence-corrected chi connectivity index (χ2v) is 5.51. The Morgan fingerprint density at radius 3 is 2.74 bits per heavy atom. The summed E-state index contributed by atoms with van der Waals surface area (Å²) in [7, 11) is 0. The first-order chi connectivity index (χ1) is 9.33. The number of thiazole rings is 1. The highest BCUT2D eigenvalue weighted by Crippen LogP contribution is 2.28. The van der Waals surface area contributed by atoms with E-state index in [0.29, 0.717) is 10.7 Å². The van der Waals surface area contributed by atoms with Gasteiger partial charge in [-0.25, -0.2) is 4.98 Å². The fourth-order valence-corrected chi connectivity index (χ4v) is 3.01. The van der Waals surface area contributed by atoms with E-state index in [-0.39, 0.29) is 5.91 Å². The third-order valence-electron chi connectivity index (χ3n) is 2.44. The molecular formula is C13H9N3OS2. The smallest absolute Gasteiger partial charge is 0.257 e. The number of carbonyl (C=O) groups excluding carboxylic acids is 1. The minimum atomic E-state index is -0.172. The molecule has 94 valence electrons. The number of aromatic nitrogens is 2. The second kappa shape index (κ2) is 5.29. The molecule has 0 aliphatic carbocycles. The number of nitrogens with one attached hydrogen (secondary N) is 1. The highest BCUT2D eigenvalue weighted by Gasteiger charge is 2.09. The van der Waals surface area contributed by atoms with Crippen molar-refractivity contribution in [3.63, 3.8) is 0 Å². The molecule has 0 fully saturated rings. The molecule has 0 saturated carbocycles. The first-order valence-corrected chi connectivity index (χ1v) is 7.29. The van der Waals surface area contributed by atoms with Crippen LogP contribution in [-0.2, 0) is 0 Å². The minimum Gasteiger partial charge on any atom is -0.298 e. The van der Waals surface area contributed by atoms with Crippen LogP contribution in [0.25, 0.3) is 10.6 Å². The summed E-state index contributed by atoms with van der Waals surface area (Å²) in [6.45, 7) is 0. The van der Waals surface area contributed by atoms with E-state index < -0.39 is 0 Å². The molecule has 4 nitrogen and oxygen atoms in total. The predicted molar refractivity (Wildman–Crippen MR) is 77.6 cm³/mol. The molecule has 0 aliphatic heterocycles. The molecule has 0 unspecified atom stereocenters. The average Bonchev–Trinajstić information content (AvgIpc) is 3.10. The van der Waals surface area contributed by atoms with Crippen molar-refractivity contribution < 1.29 is 4.79 Å². The number of hydrogen-bond donors (Lipinski definition) is 1. The van der Waals surface area contributed by atoms with Crippen molar-refractivity contribution in [1.29, 1.82) is 0 Å². The summed E-state index contributed by atoms with van der Waals surface area (Å²) in [5, 5.41) is 7.33. The van der Waals surface area contributed by atoms with Gasteiger partial charge in [-0.15, -0.1) is 22.7 Å². The van der Waals surface area contributed by atoms with Gasteiger partial charge < -0.3 is 0 Å². The zero-order valence-electron chi connectivity index (χ0n) is 9.74. The SMILES string of the molecule is O=C(Nc1nc(-c2cccs2)cs1)c1ccncc1. The van der Waals surface area contributed by atoms with E-state index in [9.17, 15) is 4.79 Å². The number of amides is 1. The van der Waals surface area contributed by atoms with Gasteiger partial charge in [-0.2, -0.15) is 0 Å². The fraction of sp³-hybridized carbons (Fsp3) is 0. The summed E-state index contributed by atoms with van der Waals surface area (Å²) >= 11 is 3.05. The van der Waals surface area contributed by atoms with E-state index >= 15 is 0 Å². The molecule has 19 heavy (non-hydrogen) atoms. The van der Waals surface area contributed by atoms with Crippen molar-refractivity contribution in [1.82, 2.24) is 9.97 Å². The maximum absolute atomic E-state index is 11.9. The number of pyridine rings is 1. The van der Waals surface area contributed by atoms with Gasteiger partial charge in [-0.05, 0) is 23.6 Å². The molecule has 3 heterocycles. The standard InChI is InChI=1S/C13H9N3OS2/c17-12(9-3-5-14-6-4-9)16-13-15-10(8-19-13)11-2-1-7-18-11/h1-8H,(H,15,16,17). The quantitative estimate of drug-likeness (QED) is 0.802. The molecule has 3 aromatic heterocycles. The van der Waals surface area contributed by atoms with E-state index in [1.165, 1.54) is 11.3 Å². The Bertz CT molecular complexity index is 677. The lowest BCUT2D eigenvalue weighted by Gasteiger charge is -2.00. The monoisotopic (exact) mass is 287 g/mol. The van der Waals surface area contributed by atoms with Crippen LogP contribution in [0.15, 0.2) is 47.4 Å². The van der Waals surface area contributed by atoms with Crippen LogP contribution >= 0.6 is 22.7 Å². The summed E-state index contributed by atoms with van der Waals surface area (Å²) in [4.78, 5) is 21.3. The summed E-state index contributed by atoms with van der Waals surface area (Å²) < 4.78 is 0. The Kier molecular flexibility index (Phi) is 3.35. The molecule has 1 amide bonds. The highest BCUT2D eigenvalue weighted by molar-refractivity contribution is 7.16. The van der Waals surface area contributed by atoms with Crippen LogP contribution in [0.3, 0.4) is 0 Å². The van der Waals surface area contributed by atoms with Gasteiger partial charge in [0, 0.05) is 23.3 Å². The maximum Gasteiger partial charge on any atom is 0.257 e. The van der Waals surface area contributed by atoms with E-state index in [1.54, 1.807) is 35.9 Å². The zero-order valence-corrected chi connectivity index (χ0v) is 11.4. The number of thiophene rings is 1. The number of nitrogens with zero attached hydrogens (tertiary/aromatic N) is 2. The number of hydrogen-bond acceptors (Lipinski definition) is 5. The van der Waals surface area contributed by atoms with Crippen LogP contribution in [0.4, 0.5) is 5.13 Å². The molecule has 0 aromatic carbocycles. The molecule has 1 N–H and O–H groups in total. The zero-order chi connectivity index (χ0) is 13.1. The molecule has 3 aromatic rings. The van der Waals surface area contributed by atoms with Crippen LogP contribution < -0.4 is 5.32 Å². The van der Waals surface area contributed by atoms with Crippen molar-refractivity contribution in [3.05, 3.63) is 53.0 Å². The number of rotatable bonds is 3. The Morgan fingerprint density at radius 1 is 1.16 bits per heavy atom. The third kappa shape index (κ3) is 2.69. The normalized spacial score (nSPS) is 10.3. The van der Waals surface area contributed by atoms with E-state index in [2.05, 4.69) is 15.3 Å². The second-order valence-electron chi connectivity index (χ2n) is 3.71. The van der Waals surface area contributed by atoms with Crippen molar-refractivity contribution >= 4 is 33.7 Å². The summed E-state index contributed by atoms with van der Waals surface area (Å²) in [6, 6.07) is 7.33. The van der Waals surface area contributed by atoms with E-state index in [4.69, 9.17) is 0 Å². The Labute approximate surface area is 117 Å². The average molecular weight is 287 g/mol. The first-order valence-electron chi connectivity index (χ1n) is 5.54. The van der Waals surface area contributed by atoms with E-state index in [1.807, 2.05) is 22.9 Å². The molecule has 0 atom stereocenters. The molecule has 3 rings (SSSR count). The van der Waals surface area contributed by atoms with Crippen molar-refractivity contribution in [3.8, 4) is 10.6 Å². The Morgan fingerprint density at radius 2 is 2.00 bits per heavy atom. The van der Waals surface area contributed by atoms with Crippen LogP contribution in [-0.4, -0.2) is 15.9 Å². The highest BCUT2D eigenvalue weighted by atomic mass is 32.1. The third-order valence-corrected chi connectivity index (χ3v) is 4.09. The van der Waals surface area contributed by atoms with E-state index in [0.717, 1.165) is 10.6 Å². The van der Waals surface area contributed by atoms with Gasteiger partial charge >= 0.3 is 0 Å². The van der Waals surface area contributed by atoms with Gasteiger partial charge in [-0.1, -0.05) is 6.07 Å². The van der Waals surface area contributed by atoms with Crippen LogP contribution in [0.5, 0.6) is 0 Å². The minimum absolute atomic E-state index is 0.172. The lowest BCUT2D eigenvalue weighted by atomic mass is 10.2. The summed E-state index contributed by atoms with van der Waals surface area (Å²) in [6.07, 6.45) is 3.18.